The van der Waals surface area contributed by atoms with E-state index in [1.807, 2.05) is 7.05 Å². The third-order valence-electron chi connectivity index (χ3n) is 3.60. The normalized spacial score (nSPS) is 11.2. The van der Waals surface area contributed by atoms with Crippen molar-refractivity contribution in [2.24, 2.45) is 7.05 Å². The first-order valence-corrected chi connectivity index (χ1v) is 6.86. The molecule has 2 aromatic carbocycles. The van der Waals surface area contributed by atoms with Gasteiger partial charge in [-0.05, 0) is 37.7 Å². The van der Waals surface area contributed by atoms with Crippen LogP contribution in [0.25, 0.3) is 22.4 Å². The molecule has 0 saturated heterocycles. The molecule has 3 nitrogen and oxygen atoms in total. The molecular formula is C17H19N3. The summed E-state index contributed by atoms with van der Waals surface area (Å²) in [6.45, 7) is 2.98. The second kappa shape index (κ2) is 5.10. The van der Waals surface area contributed by atoms with Gasteiger partial charge in [0.05, 0.1) is 11.0 Å². The molecule has 0 atom stereocenters. The van der Waals surface area contributed by atoms with Gasteiger partial charge in [-0.2, -0.15) is 0 Å². The molecule has 3 aromatic rings. The lowest BCUT2D eigenvalue weighted by Gasteiger charge is -2.04. The zero-order valence-electron chi connectivity index (χ0n) is 12.1. The zero-order chi connectivity index (χ0) is 14.1. The van der Waals surface area contributed by atoms with Crippen LogP contribution in [0.1, 0.15) is 11.1 Å². The van der Waals surface area contributed by atoms with Crippen LogP contribution in [0.2, 0.25) is 0 Å². The highest BCUT2D eigenvalue weighted by atomic mass is 15.1. The van der Waals surface area contributed by atoms with Gasteiger partial charge in [-0.25, -0.2) is 4.98 Å². The Balaban J connectivity index is 2.15. The van der Waals surface area contributed by atoms with Gasteiger partial charge in [-0.15, -0.1) is 0 Å². The summed E-state index contributed by atoms with van der Waals surface area (Å²) in [7, 11) is 4.04. The van der Waals surface area contributed by atoms with Crippen LogP contribution in [0.15, 0.2) is 42.5 Å². The highest BCUT2D eigenvalue weighted by Gasteiger charge is 2.10. The Bertz CT molecular complexity index is 756. The monoisotopic (exact) mass is 265 g/mol. The molecule has 0 saturated carbocycles. The Morgan fingerprint density at radius 1 is 1.15 bits per heavy atom. The number of hydrogen-bond acceptors (Lipinski definition) is 2. The molecule has 0 unspecified atom stereocenters. The largest absolute Gasteiger partial charge is 0.327 e. The van der Waals surface area contributed by atoms with Gasteiger partial charge in [0.2, 0.25) is 0 Å². The van der Waals surface area contributed by atoms with E-state index in [1.54, 1.807) is 0 Å². The number of nitrogens with zero attached hydrogens (tertiary/aromatic N) is 2. The highest BCUT2D eigenvalue weighted by molar-refractivity contribution is 5.81. The van der Waals surface area contributed by atoms with E-state index in [9.17, 15) is 0 Å². The van der Waals surface area contributed by atoms with Crippen molar-refractivity contribution in [3.05, 3.63) is 53.6 Å². The average Bonchev–Trinajstić information content (AvgIpc) is 2.77. The summed E-state index contributed by atoms with van der Waals surface area (Å²) in [6.07, 6.45) is 0. The summed E-state index contributed by atoms with van der Waals surface area (Å²) >= 11 is 0. The molecular weight excluding hydrogens is 246 g/mol. The molecule has 102 valence electrons. The van der Waals surface area contributed by atoms with Crippen molar-refractivity contribution in [3.8, 4) is 11.4 Å². The molecule has 0 aliphatic rings. The van der Waals surface area contributed by atoms with E-state index in [4.69, 9.17) is 4.98 Å². The maximum atomic E-state index is 4.77. The van der Waals surface area contributed by atoms with E-state index in [0.717, 1.165) is 17.9 Å². The molecule has 0 aliphatic heterocycles. The van der Waals surface area contributed by atoms with Gasteiger partial charge in [0, 0.05) is 19.2 Å². The SMILES string of the molecule is CNCc1ccc2nc(-c3cccc(C)c3)n(C)c2c1. The highest BCUT2D eigenvalue weighted by Crippen LogP contribution is 2.25. The number of fused-ring (bicyclic) bond motifs is 1. The van der Waals surface area contributed by atoms with Crippen LogP contribution in [0.5, 0.6) is 0 Å². The van der Waals surface area contributed by atoms with Crippen LogP contribution in [-0.2, 0) is 13.6 Å². The smallest absolute Gasteiger partial charge is 0.140 e. The number of nitrogens with one attached hydrogen (secondary N) is 1. The van der Waals surface area contributed by atoms with Crippen molar-refractivity contribution >= 4 is 11.0 Å². The molecule has 0 spiro atoms. The second-order valence-corrected chi connectivity index (χ2v) is 5.22. The summed E-state index contributed by atoms with van der Waals surface area (Å²) in [5.41, 5.74) is 5.92. The Morgan fingerprint density at radius 2 is 2.00 bits per heavy atom. The predicted octanol–water partition coefficient (Wildman–Crippen LogP) is 3.27. The Morgan fingerprint density at radius 3 is 2.75 bits per heavy atom. The Hall–Kier alpha value is -2.13. The lowest BCUT2D eigenvalue weighted by atomic mass is 10.1. The van der Waals surface area contributed by atoms with E-state index in [0.29, 0.717) is 0 Å². The Labute approximate surface area is 119 Å². The quantitative estimate of drug-likeness (QED) is 0.787. The van der Waals surface area contributed by atoms with Crippen molar-refractivity contribution in [1.29, 1.82) is 0 Å². The molecule has 20 heavy (non-hydrogen) atoms. The molecule has 0 radical (unpaired) electrons. The van der Waals surface area contributed by atoms with Gasteiger partial charge in [0.15, 0.2) is 0 Å². The van der Waals surface area contributed by atoms with Crippen LogP contribution in [0.3, 0.4) is 0 Å². The molecule has 1 heterocycles. The molecule has 0 amide bonds. The third kappa shape index (κ3) is 2.21. The van der Waals surface area contributed by atoms with Crippen molar-refractivity contribution in [3.63, 3.8) is 0 Å². The summed E-state index contributed by atoms with van der Waals surface area (Å²) in [4.78, 5) is 4.77. The summed E-state index contributed by atoms with van der Waals surface area (Å²) in [5, 5.41) is 3.18. The van der Waals surface area contributed by atoms with E-state index in [-0.39, 0.29) is 0 Å². The predicted molar refractivity (Wildman–Crippen MR) is 83.7 cm³/mol. The first-order valence-electron chi connectivity index (χ1n) is 6.86. The van der Waals surface area contributed by atoms with Gasteiger partial charge < -0.3 is 9.88 Å². The van der Waals surface area contributed by atoms with Crippen molar-refractivity contribution in [1.82, 2.24) is 14.9 Å². The Kier molecular flexibility index (Phi) is 3.28. The van der Waals surface area contributed by atoms with Crippen LogP contribution >= 0.6 is 0 Å². The fraction of sp³-hybridized carbons (Fsp3) is 0.235. The standard InChI is InChI=1S/C17H19N3/c1-12-5-4-6-14(9-12)17-19-15-8-7-13(11-18-2)10-16(15)20(17)3/h4-10,18H,11H2,1-3H3. The number of benzene rings is 2. The first kappa shape index (κ1) is 12.9. The molecule has 1 aromatic heterocycles. The number of aryl methyl sites for hydroxylation is 2. The molecule has 1 N–H and O–H groups in total. The van der Waals surface area contributed by atoms with Crippen LogP contribution in [-0.4, -0.2) is 16.6 Å². The lowest BCUT2D eigenvalue weighted by molar-refractivity contribution is 0.818. The van der Waals surface area contributed by atoms with Crippen molar-refractivity contribution in [2.45, 2.75) is 13.5 Å². The van der Waals surface area contributed by atoms with Crippen LogP contribution in [0.4, 0.5) is 0 Å². The second-order valence-electron chi connectivity index (χ2n) is 5.22. The minimum Gasteiger partial charge on any atom is -0.327 e. The first-order chi connectivity index (χ1) is 9.69. The van der Waals surface area contributed by atoms with Crippen molar-refractivity contribution < 1.29 is 0 Å². The third-order valence-corrected chi connectivity index (χ3v) is 3.60. The zero-order valence-corrected chi connectivity index (χ0v) is 12.1. The fourth-order valence-corrected chi connectivity index (χ4v) is 2.59. The van der Waals surface area contributed by atoms with Gasteiger partial charge in [-0.1, -0.05) is 29.8 Å². The van der Waals surface area contributed by atoms with Crippen LogP contribution in [0, 0.1) is 6.92 Å². The number of aromatic nitrogens is 2. The lowest BCUT2D eigenvalue weighted by Crippen LogP contribution is -2.04. The number of hydrogen-bond donors (Lipinski definition) is 1. The number of imidazole rings is 1. The maximum Gasteiger partial charge on any atom is 0.140 e. The van der Waals surface area contributed by atoms with Gasteiger partial charge in [0.25, 0.3) is 0 Å². The topological polar surface area (TPSA) is 29.9 Å². The molecule has 0 bridgehead atoms. The van der Waals surface area contributed by atoms with E-state index < -0.39 is 0 Å². The summed E-state index contributed by atoms with van der Waals surface area (Å²) < 4.78 is 2.17. The number of rotatable bonds is 3. The fourth-order valence-electron chi connectivity index (χ4n) is 2.59. The average molecular weight is 265 g/mol. The van der Waals surface area contributed by atoms with Gasteiger partial charge >= 0.3 is 0 Å². The molecule has 0 aliphatic carbocycles. The summed E-state index contributed by atoms with van der Waals surface area (Å²) in [5.74, 6) is 1.02. The van der Waals surface area contributed by atoms with Crippen LogP contribution < -0.4 is 5.32 Å². The summed E-state index contributed by atoms with van der Waals surface area (Å²) in [6, 6.07) is 14.9. The van der Waals surface area contributed by atoms with Crippen molar-refractivity contribution in [2.75, 3.05) is 7.05 Å². The van der Waals surface area contributed by atoms with Gasteiger partial charge in [-0.3, -0.25) is 0 Å². The van der Waals surface area contributed by atoms with Gasteiger partial charge in [0.1, 0.15) is 5.82 Å². The maximum absolute atomic E-state index is 4.77. The van der Waals surface area contributed by atoms with E-state index in [2.05, 4.69) is 66.3 Å². The van der Waals surface area contributed by atoms with E-state index in [1.165, 1.54) is 22.2 Å². The minimum absolute atomic E-state index is 0.876. The molecule has 3 heteroatoms. The molecule has 3 rings (SSSR count). The minimum atomic E-state index is 0.876. The molecule has 0 fully saturated rings. The van der Waals surface area contributed by atoms with E-state index >= 15 is 0 Å².